The van der Waals surface area contributed by atoms with Gasteiger partial charge in [-0.2, -0.15) is 0 Å². The van der Waals surface area contributed by atoms with Gasteiger partial charge in [-0.1, -0.05) is 38.1 Å². The third-order valence-corrected chi connectivity index (χ3v) is 7.59. The van der Waals surface area contributed by atoms with Crippen LogP contribution >= 0.6 is 0 Å². The van der Waals surface area contributed by atoms with Crippen molar-refractivity contribution in [3.63, 3.8) is 0 Å². The second kappa shape index (κ2) is 15.0. The summed E-state index contributed by atoms with van der Waals surface area (Å²) in [4.78, 5) is 38.3. The van der Waals surface area contributed by atoms with Crippen molar-refractivity contribution >= 4 is 23.4 Å². The topological polar surface area (TPSA) is 103 Å². The highest BCUT2D eigenvalue weighted by Gasteiger charge is 2.28. The summed E-state index contributed by atoms with van der Waals surface area (Å²) >= 11 is 0. The number of hydrogen-bond donors (Lipinski definition) is 1. The summed E-state index contributed by atoms with van der Waals surface area (Å²) in [6.07, 6.45) is 6.44. The predicted octanol–water partition coefficient (Wildman–Crippen LogP) is 3.97. The summed E-state index contributed by atoms with van der Waals surface area (Å²) in [7, 11) is 4.54. The number of carbonyl (C=O) groups is 3. The molecular formula is C30H44N2O7. The number of hydrogen-bond acceptors (Lipinski definition) is 7. The highest BCUT2D eigenvalue weighted by molar-refractivity contribution is 5.97. The average molecular weight is 545 g/mol. The summed E-state index contributed by atoms with van der Waals surface area (Å²) in [5.41, 5.74) is 1.54. The number of benzene rings is 1. The maximum Gasteiger partial charge on any atom is 0.330 e. The van der Waals surface area contributed by atoms with E-state index in [0.29, 0.717) is 18.7 Å². The molecule has 216 valence electrons. The number of esters is 1. The van der Waals surface area contributed by atoms with Gasteiger partial charge in [0.2, 0.25) is 11.8 Å². The minimum atomic E-state index is -0.544. The summed E-state index contributed by atoms with van der Waals surface area (Å²) in [6.45, 7) is 9.44. The van der Waals surface area contributed by atoms with E-state index in [0.717, 1.165) is 30.4 Å². The summed E-state index contributed by atoms with van der Waals surface area (Å²) < 4.78 is 22.0. The van der Waals surface area contributed by atoms with E-state index in [9.17, 15) is 14.4 Å². The number of methoxy groups -OCH3 is 3. The van der Waals surface area contributed by atoms with Crippen molar-refractivity contribution in [1.29, 1.82) is 0 Å². The third-order valence-electron chi connectivity index (χ3n) is 7.59. The van der Waals surface area contributed by atoms with E-state index in [1.807, 2.05) is 24.3 Å². The van der Waals surface area contributed by atoms with Crippen LogP contribution in [0.2, 0.25) is 0 Å². The average Bonchev–Trinajstić information content (AvgIpc) is 3.31. The van der Waals surface area contributed by atoms with Crippen LogP contribution in [0.4, 0.5) is 0 Å². The van der Waals surface area contributed by atoms with Crippen molar-refractivity contribution in [1.82, 2.24) is 10.2 Å². The molecule has 2 rings (SSSR count). The normalized spacial score (nSPS) is 18.5. The molecule has 1 aromatic carbocycles. The Morgan fingerprint density at radius 3 is 2.33 bits per heavy atom. The van der Waals surface area contributed by atoms with Gasteiger partial charge in [-0.15, -0.1) is 0 Å². The number of ether oxygens (including phenoxy) is 4. The van der Waals surface area contributed by atoms with Crippen LogP contribution in [0.1, 0.15) is 64.5 Å². The maximum absolute atomic E-state index is 12.7. The molecule has 0 aromatic heterocycles. The number of nitrogens with zero attached hydrogens (tertiary/aromatic N) is 1. The van der Waals surface area contributed by atoms with Gasteiger partial charge in [0.05, 0.1) is 31.3 Å². The van der Waals surface area contributed by atoms with Gasteiger partial charge in [-0.05, 0) is 55.9 Å². The fraction of sp³-hybridized carbons (Fsp3) is 0.567. The molecular weight excluding hydrogens is 500 g/mol. The number of carbonyl (C=O) groups excluding carboxylic acids is 3. The molecule has 1 heterocycles. The first kappa shape index (κ1) is 32.2. The van der Waals surface area contributed by atoms with Gasteiger partial charge in [0.1, 0.15) is 0 Å². The lowest BCUT2D eigenvalue weighted by atomic mass is 9.90. The van der Waals surface area contributed by atoms with Crippen LogP contribution in [0, 0.1) is 0 Å². The molecule has 2 amide bonds. The molecule has 0 saturated heterocycles. The van der Waals surface area contributed by atoms with Gasteiger partial charge in [-0.3, -0.25) is 9.59 Å². The molecule has 0 spiro atoms. The Bertz CT molecular complexity index is 1030. The Hall–Kier alpha value is -3.01. The van der Waals surface area contributed by atoms with Crippen molar-refractivity contribution in [2.75, 3.05) is 41.0 Å². The lowest BCUT2D eigenvalue weighted by Gasteiger charge is -2.33. The number of rotatable bonds is 16. The Labute approximate surface area is 232 Å². The zero-order valence-electron chi connectivity index (χ0n) is 24.4. The molecule has 0 bridgehead atoms. The van der Waals surface area contributed by atoms with Crippen LogP contribution in [0.5, 0.6) is 0 Å². The van der Waals surface area contributed by atoms with Crippen molar-refractivity contribution in [3.8, 4) is 0 Å². The number of nitrogens with one attached hydrogen (secondary N) is 1. The minimum absolute atomic E-state index is 0.0253. The van der Waals surface area contributed by atoms with E-state index in [1.165, 1.54) is 31.3 Å². The Kier molecular flexibility index (Phi) is 12.3. The molecule has 1 N–H and O–H groups in total. The Morgan fingerprint density at radius 2 is 1.77 bits per heavy atom. The van der Waals surface area contributed by atoms with Gasteiger partial charge >= 0.3 is 5.97 Å². The quantitative estimate of drug-likeness (QED) is 0.248. The van der Waals surface area contributed by atoms with E-state index in [2.05, 4.69) is 33.0 Å². The van der Waals surface area contributed by atoms with Crippen LogP contribution in [0.15, 0.2) is 42.5 Å². The largest absolute Gasteiger partial charge is 0.466 e. The molecule has 9 nitrogen and oxygen atoms in total. The SMILES string of the molecule is CCC(C)(CCOC(C)(CC)c1ccc(/C(=C/C(=O)OC)CC(=O)NCCN2C(=O)C=CC2OC)cc1)OC. The van der Waals surface area contributed by atoms with E-state index in [1.54, 1.807) is 13.2 Å². The first-order valence-corrected chi connectivity index (χ1v) is 13.4. The fourth-order valence-corrected chi connectivity index (χ4v) is 4.26. The number of amides is 2. The van der Waals surface area contributed by atoms with Crippen LogP contribution in [0.3, 0.4) is 0 Å². The second-order valence-corrected chi connectivity index (χ2v) is 10.0. The van der Waals surface area contributed by atoms with Gasteiger partial charge in [0.15, 0.2) is 6.23 Å². The lowest BCUT2D eigenvalue weighted by molar-refractivity contribution is -0.135. The summed E-state index contributed by atoms with van der Waals surface area (Å²) in [5.74, 6) is -0.984. The van der Waals surface area contributed by atoms with Crippen molar-refractivity contribution in [3.05, 3.63) is 53.6 Å². The van der Waals surface area contributed by atoms with Gasteiger partial charge in [0.25, 0.3) is 0 Å². The summed E-state index contributed by atoms with van der Waals surface area (Å²) in [5, 5.41) is 2.82. The van der Waals surface area contributed by atoms with Gasteiger partial charge < -0.3 is 29.2 Å². The molecule has 3 unspecified atom stereocenters. The molecule has 3 atom stereocenters. The molecule has 0 radical (unpaired) electrons. The van der Waals surface area contributed by atoms with Crippen LogP contribution in [-0.4, -0.2) is 75.5 Å². The van der Waals surface area contributed by atoms with Crippen LogP contribution < -0.4 is 5.32 Å². The smallest absolute Gasteiger partial charge is 0.330 e. The van der Waals surface area contributed by atoms with Crippen molar-refractivity contribution in [2.45, 2.75) is 70.8 Å². The molecule has 0 saturated carbocycles. The highest BCUT2D eigenvalue weighted by atomic mass is 16.5. The first-order chi connectivity index (χ1) is 18.5. The molecule has 1 aliphatic rings. The minimum Gasteiger partial charge on any atom is -0.466 e. The molecule has 1 aromatic rings. The summed E-state index contributed by atoms with van der Waals surface area (Å²) in [6, 6.07) is 7.71. The second-order valence-electron chi connectivity index (χ2n) is 10.0. The zero-order chi connectivity index (χ0) is 29.1. The van der Waals surface area contributed by atoms with E-state index < -0.39 is 17.8 Å². The van der Waals surface area contributed by atoms with E-state index in [4.69, 9.17) is 18.9 Å². The molecule has 1 aliphatic heterocycles. The standard InChI is InChI=1S/C30H44N2O7/c1-8-29(3,38-7)16-19-39-30(4,9-2)24-12-10-22(11-13-24)23(21-28(35)37-6)20-25(33)31-17-18-32-26(34)14-15-27(32)36-5/h10-15,21,27H,8-9,16-20H2,1-7H3,(H,31,33)/b23-21+. The molecule has 9 heteroatoms. The van der Waals surface area contributed by atoms with E-state index >= 15 is 0 Å². The van der Waals surface area contributed by atoms with Gasteiger partial charge in [0, 0.05) is 39.5 Å². The predicted molar refractivity (Wildman–Crippen MR) is 150 cm³/mol. The van der Waals surface area contributed by atoms with Gasteiger partial charge in [-0.25, -0.2) is 4.79 Å². The zero-order valence-corrected chi connectivity index (χ0v) is 24.4. The van der Waals surface area contributed by atoms with Crippen LogP contribution in [0.25, 0.3) is 5.57 Å². The Balaban J connectivity index is 2.08. The first-order valence-electron chi connectivity index (χ1n) is 13.4. The molecule has 0 aliphatic carbocycles. The van der Waals surface area contributed by atoms with Crippen molar-refractivity contribution in [2.24, 2.45) is 0 Å². The Morgan fingerprint density at radius 1 is 1.08 bits per heavy atom. The van der Waals surface area contributed by atoms with Crippen LogP contribution in [-0.2, 0) is 38.9 Å². The lowest BCUT2D eigenvalue weighted by Crippen LogP contribution is -2.41. The fourth-order valence-electron chi connectivity index (χ4n) is 4.26. The highest BCUT2D eigenvalue weighted by Crippen LogP contribution is 2.32. The van der Waals surface area contributed by atoms with E-state index in [-0.39, 0.29) is 30.4 Å². The van der Waals surface area contributed by atoms with Crippen molar-refractivity contribution < 1.29 is 33.3 Å². The molecule has 0 fully saturated rings. The maximum atomic E-state index is 12.7. The monoisotopic (exact) mass is 544 g/mol. The molecule has 39 heavy (non-hydrogen) atoms. The third kappa shape index (κ3) is 9.02.